The predicted molar refractivity (Wildman–Crippen MR) is 95.9 cm³/mol. The van der Waals surface area contributed by atoms with Crippen molar-refractivity contribution in [3.63, 3.8) is 0 Å². The first-order valence-corrected chi connectivity index (χ1v) is 8.61. The number of amides is 1. The number of hydrogen-bond donors (Lipinski definition) is 1. The lowest BCUT2D eigenvalue weighted by Gasteiger charge is -2.08. The van der Waals surface area contributed by atoms with Gasteiger partial charge in [-0.25, -0.2) is 4.68 Å². The Hall–Kier alpha value is -2.58. The molecule has 128 valence electrons. The molecule has 25 heavy (non-hydrogen) atoms. The Kier molecular flexibility index (Phi) is 5.20. The molecule has 3 aromatic rings. The Labute approximate surface area is 152 Å². The summed E-state index contributed by atoms with van der Waals surface area (Å²) < 4.78 is 5.05. The molecule has 0 fully saturated rings. The molecule has 2 aromatic heterocycles. The lowest BCUT2D eigenvalue weighted by molar-refractivity contribution is 0.0955. The molecule has 1 N–H and O–H groups in total. The van der Waals surface area contributed by atoms with E-state index in [9.17, 15) is 9.59 Å². The first-order chi connectivity index (χ1) is 12.0. The summed E-state index contributed by atoms with van der Waals surface area (Å²) in [6.07, 6.45) is 0. The van der Waals surface area contributed by atoms with E-state index < -0.39 is 0 Å². The number of aromatic nitrogens is 4. The van der Waals surface area contributed by atoms with Gasteiger partial charge in [0.2, 0.25) is 0 Å². The summed E-state index contributed by atoms with van der Waals surface area (Å²) in [4.78, 5) is 24.5. The maximum Gasteiger partial charge on any atom is 0.266 e. The summed E-state index contributed by atoms with van der Waals surface area (Å²) >= 11 is 6.92. The minimum absolute atomic E-state index is 0.234. The van der Waals surface area contributed by atoms with E-state index in [-0.39, 0.29) is 24.6 Å². The SMILES string of the molecule is Cc1nnsc1C(=O)NCCn1nc(-c2ccc(Cl)cc2)ccc1=O. The van der Waals surface area contributed by atoms with Gasteiger partial charge in [0.05, 0.1) is 17.9 Å². The second kappa shape index (κ2) is 7.54. The molecular formula is C16H14ClN5O2S. The minimum Gasteiger partial charge on any atom is -0.349 e. The molecule has 0 radical (unpaired) electrons. The number of nitrogens with one attached hydrogen (secondary N) is 1. The van der Waals surface area contributed by atoms with Crippen LogP contribution >= 0.6 is 23.1 Å². The molecule has 0 bridgehead atoms. The van der Waals surface area contributed by atoms with E-state index in [0.29, 0.717) is 21.3 Å². The Bertz CT molecular complexity index is 952. The molecule has 3 rings (SSSR count). The number of halogens is 1. The van der Waals surface area contributed by atoms with Gasteiger partial charge in [-0.3, -0.25) is 9.59 Å². The summed E-state index contributed by atoms with van der Waals surface area (Å²) in [7, 11) is 0. The van der Waals surface area contributed by atoms with Crippen molar-refractivity contribution in [3.8, 4) is 11.3 Å². The Morgan fingerprint density at radius 1 is 1.24 bits per heavy atom. The van der Waals surface area contributed by atoms with E-state index >= 15 is 0 Å². The third-order valence-corrected chi connectivity index (χ3v) is 4.55. The molecule has 0 spiro atoms. The number of aryl methyl sites for hydroxylation is 1. The fraction of sp³-hybridized carbons (Fsp3) is 0.188. The smallest absolute Gasteiger partial charge is 0.266 e. The maximum absolute atomic E-state index is 12.0. The van der Waals surface area contributed by atoms with Crippen LogP contribution in [0.1, 0.15) is 15.4 Å². The molecule has 0 aliphatic heterocycles. The molecular weight excluding hydrogens is 362 g/mol. The van der Waals surface area contributed by atoms with Crippen molar-refractivity contribution in [1.29, 1.82) is 0 Å². The van der Waals surface area contributed by atoms with E-state index in [1.54, 1.807) is 25.1 Å². The lowest BCUT2D eigenvalue weighted by Crippen LogP contribution is -2.31. The van der Waals surface area contributed by atoms with Gasteiger partial charge in [-0.1, -0.05) is 28.2 Å². The van der Waals surface area contributed by atoms with Crippen LogP contribution in [-0.4, -0.2) is 31.8 Å². The van der Waals surface area contributed by atoms with Crippen molar-refractivity contribution in [2.45, 2.75) is 13.5 Å². The highest BCUT2D eigenvalue weighted by molar-refractivity contribution is 7.07. The van der Waals surface area contributed by atoms with Crippen molar-refractivity contribution in [2.75, 3.05) is 6.54 Å². The topological polar surface area (TPSA) is 89.8 Å². The van der Waals surface area contributed by atoms with E-state index in [1.165, 1.54) is 10.7 Å². The molecule has 0 saturated carbocycles. The van der Waals surface area contributed by atoms with Crippen LogP contribution < -0.4 is 10.9 Å². The highest BCUT2D eigenvalue weighted by Gasteiger charge is 2.12. The molecule has 7 nitrogen and oxygen atoms in total. The summed E-state index contributed by atoms with van der Waals surface area (Å²) in [6, 6.07) is 10.3. The van der Waals surface area contributed by atoms with Gasteiger partial charge in [0.15, 0.2) is 0 Å². The van der Waals surface area contributed by atoms with Gasteiger partial charge in [-0.15, -0.1) is 5.10 Å². The Morgan fingerprint density at radius 2 is 2.00 bits per heavy atom. The first kappa shape index (κ1) is 17.2. The molecule has 0 unspecified atom stereocenters. The van der Waals surface area contributed by atoms with Crippen LogP contribution in [0.2, 0.25) is 5.02 Å². The predicted octanol–water partition coefficient (Wildman–Crippen LogP) is 2.15. The number of nitrogens with zero attached hydrogens (tertiary/aromatic N) is 4. The molecule has 9 heteroatoms. The zero-order valence-electron chi connectivity index (χ0n) is 13.3. The van der Waals surface area contributed by atoms with E-state index in [1.807, 2.05) is 12.1 Å². The fourth-order valence-corrected chi connectivity index (χ4v) is 2.88. The molecule has 0 atom stereocenters. The monoisotopic (exact) mass is 375 g/mol. The Morgan fingerprint density at radius 3 is 2.68 bits per heavy atom. The van der Waals surface area contributed by atoms with Crippen LogP contribution in [0.25, 0.3) is 11.3 Å². The van der Waals surface area contributed by atoms with Gasteiger partial charge in [-0.2, -0.15) is 5.10 Å². The molecule has 0 aliphatic rings. The van der Waals surface area contributed by atoms with Crippen LogP contribution in [-0.2, 0) is 6.54 Å². The zero-order valence-corrected chi connectivity index (χ0v) is 14.8. The van der Waals surface area contributed by atoms with Crippen molar-refractivity contribution < 1.29 is 4.79 Å². The van der Waals surface area contributed by atoms with Gasteiger partial charge < -0.3 is 5.32 Å². The lowest BCUT2D eigenvalue weighted by atomic mass is 10.1. The summed E-state index contributed by atoms with van der Waals surface area (Å²) in [5.41, 5.74) is 1.86. The van der Waals surface area contributed by atoms with Gasteiger partial charge in [-0.05, 0) is 36.7 Å². The van der Waals surface area contributed by atoms with Crippen LogP contribution in [0.15, 0.2) is 41.2 Å². The van der Waals surface area contributed by atoms with Crippen molar-refractivity contribution in [2.24, 2.45) is 0 Å². The minimum atomic E-state index is -0.255. The van der Waals surface area contributed by atoms with E-state index in [0.717, 1.165) is 17.1 Å². The molecule has 1 amide bonds. The van der Waals surface area contributed by atoms with Crippen molar-refractivity contribution in [1.82, 2.24) is 24.7 Å². The quantitative estimate of drug-likeness (QED) is 0.738. The van der Waals surface area contributed by atoms with Gasteiger partial charge in [0.25, 0.3) is 11.5 Å². The highest BCUT2D eigenvalue weighted by Crippen LogP contribution is 2.18. The van der Waals surface area contributed by atoms with Crippen LogP contribution in [0.3, 0.4) is 0 Å². The third kappa shape index (κ3) is 4.09. The second-order valence-electron chi connectivity index (χ2n) is 5.23. The highest BCUT2D eigenvalue weighted by atomic mass is 35.5. The maximum atomic E-state index is 12.0. The molecule has 1 aromatic carbocycles. The number of benzene rings is 1. The van der Waals surface area contributed by atoms with E-state index in [4.69, 9.17) is 11.6 Å². The number of rotatable bonds is 5. The average molecular weight is 376 g/mol. The molecule has 0 aliphatic carbocycles. The first-order valence-electron chi connectivity index (χ1n) is 7.46. The van der Waals surface area contributed by atoms with Crippen molar-refractivity contribution >= 4 is 29.0 Å². The zero-order chi connectivity index (χ0) is 17.8. The normalized spacial score (nSPS) is 10.6. The fourth-order valence-electron chi connectivity index (χ4n) is 2.18. The van der Waals surface area contributed by atoms with Gasteiger partial charge in [0, 0.05) is 23.2 Å². The van der Waals surface area contributed by atoms with Crippen LogP contribution in [0.4, 0.5) is 0 Å². The van der Waals surface area contributed by atoms with Crippen molar-refractivity contribution in [3.05, 3.63) is 62.3 Å². The average Bonchev–Trinajstić information content (AvgIpc) is 3.03. The largest absolute Gasteiger partial charge is 0.349 e. The third-order valence-electron chi connectivity index (χ3n) is 3.47. The number of hydrogen-bond acceptors (Lipinski definition) is 6. The van der Waals surface area contributed by atoms with Gasteiger partial charge in [0.1, 0.15) is 4.88 Å². The second-order valence-corrected chi connectivity index (χ2v) is 6.42. The van der Waals surface area contributed by atoms with Crippen LogP contribution in [0.5, 0.6) is 0 Å². The number of carbonyl (C=O) groups excluding carboxylic acids is 1. The Balaban J connectivity index is 1.69. The molecule has 2 heterocycles. The summed E-state index contributed by atoms with van der Waals surface area (Å²) in [6.45, 7) is 2.25. The summed E-state index contributed by atoms with van der Waals surface area (Å²) in [5, 5.41) is 11.5. The van der Waals surface area contributed by atoms with Gasteiger partial charge >= 0.3 is 0 Å². The molecule has 0 saturated heterocycles. The standard InChI is InChI=1S/C16H14ClN5O2S/c1-10-15(25-21-19-10)16(24)18-8-9-22-14(23)7-6-13(20-22)11-2-4-12(17)5-3-11/h2-7H,8-9H2,1H3,(H,18,24). The number of carbonyl (C=O) groups is 1. The summed E-state index contributed by atoms with van der Waals surface area (Å²) in [5.74, 6) is -0.255. The van der Waals surface area contributed by atoms with Crippen LogP contribution in [0, 0.1) is 6.92 Å². The van der Waals surface area contributed by atoms with E-state index in [2.05, 4.69) is 20.0 Å².